The standard InChI is InChI=1S/C28H26O6/c1-16(21-14-19(23(29)27(33)25(21)31)12-17-8-4-2-5-9-17)22-15-20(24(30)28(34)26(22)32)13-18-10-6-3-7-11-18/h2-11,14-16,29-34H,12-13H2,1H3. The molecule has 4 rings (SSSR count). The maximum atomic E-state index is 10.6. The molecule has 0 aliphatic heterocycles. The Morgan fingerprint density at radius 2 is 0.853 bits per heavy atom. The smallest absolute Gasteiger partial charge is 0.200 e. The van der Waals surface area contributed by atoms with Crippen LogP contribution in [-0.4, -0.2) is 30.6 Å². The van der Waals surface area contributed by atoms with Crippen LogP contribution in [0.2, 0.25) is 0 Å². The Labute approximate surface area is 197 Å². The topological polar surface area (TPSA) is 121 Å². The number of phenolic OH excluding ortho intramolecular Hbond substituents is 6. The average molecular weight is 459 g/mol. The van der Waals surface area contributed by atoms with Gasteiger partial charge in [0.1, 0.15) is 0 Å². The maximum absolute atomic E-state index is 10.6. The maximum Gasteiger partial charge on any atom is 0.200 e. The summed E-state index contributed by atoms with van der Waals surface area (Å²) >= 11 is 0. The molecule has 6 N–H and O–H groups in total. The largest absolute Gasteiger partial charge is 0.504 e. The number of aromatic hydroxyl groups is 6. The van der Waals surface area contributed by atoms with Crippen LogP contribution in [0, 0.1) is 0 Å². The SMILES string of the molecule is CC(c1cc(Cc2ccccc2)c(O)c(O)c1O)c1cc(Cc2ccccc2)c(O)c(O)c1O. The van der Waals surface area contributed by atoms with E-state index < -0.39 is 40.4 Å². The van der Waals surface area contributed by atoms with E-state index in [1.165, 1.54) is 0 Å². The normalized spacial score (nSPS) is 11.1. The quantitative estimate of drug-likeness (QED) is 0.219. The second-order valence-electron chi connectivity index (χ2n) is 8.39. The minimum atomic E-state index is -0.693. The molecule has 0 aromatic heterocycles. The molecule has 34 heavy (non-hydrogen) atoms. The van der Waals surface area contributed by atoms with E-state index in [4.69, 9.17) is 0 Å². The first kappa shape index (κ1) is 22.9. The molecular weight excluding hydrogens is 432 g/mol. The van der Waals surface area contributed by atoms with Gasteiger partial charge in [-0.2, -0.15) is 0 Å². The minimum Gasteiger partial charge on any atom is -0.504 e. The second kappa shape index (κ2) is 9.27. The van der Waals surface area contributed by atoms with Gasteiger partial charge in [-0.3, -0.25) is 0 Å². The molecule has 4 aromatic rings. The van der Waals surface area contributed by atoms with Crippen molar-refractivity contribution in [2.45, 2.75) is 25.7 Å². The Morgan fingerprint density at radius 3 is 1.21 bits per heavy atom. The van der Waals surface area contributed by atoms with Crippen LogP contribution >= 0.6 is 0 Å². The van der Waals surface area contributed by atoms with E-state index in [0.29, 0.717) is 24.0 Å². The number of benzene rings is 4. The lowest BCUT2D eigenvalue weighted by Gasteiger charge is -2.21. The van der Waals surface area contributed by atoms with Crippen molar-refractivity contribution in [3.05, 3.63) is 106 Å². The minimum absolute atomic E-state index is 0.257. The summed E-state index contributed by atoms with van der Waals surface area (Å²) in [6.07, 6.45) is 0.624. The number of rotatable bonds is 6. The predicted octanol–water partition coefficient (Wildman–Crippen LogP) is 5.25. The van der Waals surface area contributed by atoms with Crippen molar-refractivity contribution in [3.8, 4) is 34.5 Å². The third-order valence-electron chi connectivity index (χ3n) is 6.12. The lowest BCUT2D eigenvalue weighted by molar-refractivity contribution is 0.357. The van der Waals surface area contributed by atoms with Crippen LogP contribution in [-0.2, 0) is 12.8 Å². The van der Waals surface area contributed by atoms with E-state index in [-0.39, 0.29) is 11.1 Å². The zero-order chi connectivity index (χ0) is 24.4. The molecule has 0 aliphatic rings. The number of hydrogen-bond donors (Lipinski definition) is 6. The summed E-state index contributed by atoms with van der Waals surface area (Å²) in [5.41, 5.74) is 3.11. The molecule has 0 radical (unpaired) electrons. The van der Waals surface area contributed by atoms with Gasteiger partial charge < -0.3 is 30.6 Å². The molecule has 0 saturated heterocycles. The lowest BCUT2D eigenvalue weighted by Crippen LogP contribution is -2.02. The van der Waals surface area contributed by atoms with Gasteiger partial charge in [0.2, 0.25) is 11.5 Å². The third kappa shape index (κ3) is 4.30. The van der Waals surface area contributed by atoms with Crippen molar-refractivity contribution in [1.82, 2.24) is 0 Å². The molecule has 4 aromatic carbocycles. The summed E-state index contributed by atoms with van der Waals surface area (Å²) < 4.78 is 0. The highest BCUT2D eigenvalue weighted by atomic mass is 16.3. The summed E-state index contributed by atoms with van der Waals surface area (Å²) in [5, 5.41) is 62.9. The second-order valence-corrected chi connectivity index (χ2v) is 8.39. The van der Waals surface area contributed by atoms with E-state index in [0.717, 1.165) is 11.1 Å². The van der Waals surface area contributed by atoms with Crippen molar-refractivity contribution in [1.29, 1.82) is 0 Å². The Hall–Kier alpha value is -4.32. The molecule has 0 aliphatic carbocycles. The number of phenols is 6. The lowest BCUT2D eigenvalue weighted by atomic mass is 9.87. The van der Waals surface area contributed by atoms with Crippen LogP contribution in [0.4, 0.5) is 0 Å². The Morgan fingerprint density at radius 1 is 0.500 bits per heavy atom. The van der Waals surface area contributed by atoms with E-state index in [2.05, 4.69) is 0 Å². The molecule has 0 atom stereocenters. The molecule has 0 unspecified atom stereocenters. The van der Waals surface area contributed by atoms with E-state index >= 15 is 0 Å². The van der Waals surface area contributed by atoms with Gasteiger partial charge in [0, 0.05) is 41.0 Å². The summed E-state index contributed by atoms with van der Waals surface area (Å²) in [5.74, 6) is -3.86. The average Bonchev–Trinajstić information content (AvgIpc) is 2.85. The van der Waals surface area contributed by atoms with E-state index in [1.54, 1.807) is 19.1 Å². The van der Waals surface area contributed by atoms with Gasteiger partial charge in [-0.15, -0.1) is 0 Å². The number of hydrogen-bond acceptors (Lipinski definition) is 6. The molecule has 174 valence electrons. The van der Waals surface area contributed by atoms with Crippen LogP contribution in [0.25, 0.3) is 0 Å². The Balaban J connectivity index is 1.78. The van der Waals surface area contributed by atoms with Gasteiger partial charge in [0.25, 0.3) is 0 Å². The van der Waals surface area contributed by atoms with Crippen LogP contribution in [0.1, 0.15) is 46.2 Å². The molecule has 6 nitrogen and oxygen atoms in total. The monoisotopic (exact) mass is 458 g/mol. The molecule has 0 saturated carbocycles. The van der Waals surface area contributed by atoms with Crippen LogP contribution in [0.15, 0.2) is 72.8 Å². The van der Waals surface area contributed by atoms with Gasteiger partial charge in [-0.05, 0) is 23.3 Å². The van der Waals surface area contributed by atoms with Crippen molar-refractivity contribution in [2.24, 2.45) is 0 Å². The molecule has 0 heterocycles. The zero-order valence-electron chi connectivity index (χ0n) is 18.6. The van der Waals surface area contributed by atoms with Crippen LogP contribution in [0.3, 0.4) is 0 Å². The van der Waals surface area contributed by atoms with Gasteiger partial charge in [0.15, 0.2) is 23.0 Å². The predicted molar refractivity (Wildman–Crippen MR) is 129 cm³/mol. The van der Waals surface area contributed by atoms with E-state index in [9.17, 15) is 30.6 Å². The molecule has 0 bridgehead atoms. The summed E-state index contributed by atoms with van der Waals surface area (Å²) in [6.45, 7) is 1.69. The molecule has 0 fully saturated rings. The van der Waals surface area contributed by atoms with Crippen molar-refractivity contribution in [2.75, 3.05) is 0 Å². The fraction of sp³-hybridized carbons (Fsp3) is 0.143. The highest BCUT2D eigenvalue weighted by Gasteiger charge is 2.26. The Bertz CT molecular complexity index is 1210. The fourth-order valence-electron chi connectivity index (χ4n) is 4.18. The Kier molecular flexibility index (Phi) is 6.23. The zero-order valence-corrected chi connectivity index (χ0v) is 18.6. The first-order valence-corrected chi connectivity index (χ1v) is 10.9. The first-order chi connectivity index (χ1) is 16.3. The van der Waals surface area contributed by atoms with Crippen molar-refractivity contribution < 1.29 is 30.6 Å². The molecular formula is C28H26O6. The molecule has 0 amide bonds. The highest BCUT2D eigenvalue weighted by Crippen LogP contribution is 2.49. The fourth-order valence-corrected chi connectivity index (χ4v) is 4.18. The van der Waals surface area contributed by atoms with Crippen molar-refractivity contribution >= 4 is 0 Å². The molecule has 0 spiro atoms. The summed E-state index contributed by atoms with van der Waals surface area (Å²) in [4.78, 5) is 0. The van der Waals surface area contributed by atoms with Gasteiger partial charge in [-0.25, -0.2) is 0 Å². The van der Waals surface area contributed by atoms with Gasteiger partial charge >= 0.3 is 0 Å². The van der Waals surface area contributed by atoms with Crippen LogP contribution in [0.5, 0.6) is 34.5 Å². The third-order valence-corrected chi connectivity index (χ3v) is 6.12. The van der Waals surface area contributed by atoms with E-state index in [1.807, 2.05) is 60.7 Å². The summed E-state index contributed by atoms with van der Waals surface area (Å²) in [7, 11) is 0. The highest BCUT2D eigenvalue weighted by molar-refractivity contribution is 5.64. The van der Waals surface area contributed by atoms with Gasteiger partial charge in [-0.1, -0.05) is 67.6 Å². The van der Waals surface area contributed by atoms with Crippen molar-refractivity contribution in [3.63, 3.8) is 0 Å². The molecule has 6 heteroatoms. The van der Waals surface area contributed by atoms with Gasteiger partial charge in [0.05, 0.1) is 0 Å². The summed E-state index contributed by atoms with van der Waals surface area (Å²) in [6, 6.07) is 21.9. The first-order valence-electron chi connectivity index (χ1n) is 10.9. The van der Waals surface area contributed by atoms with Crippen LogP contribution < -0.4 is 0 Å².